The van der Waals surface area contributed by atoms with Gasteiger partial charge in [-0.05, 0) is 54.6 Å². The van der Waals surface area contributed by atoms with Crippen LogP contribution in [0, 0.1) is 0 Å². The number of halogens is 1. The van der Waals surface area contributed by atoms with E-state index in [-0.39, 0.29) is 5.91 Å². The van der Waals surface area contributed by atoms with Gasteiger partial charge in [-0.3, -0.25) is 9.10 Å². The highest BCUT2D eigenvalue weighted by atomic mass is 35.5. The molecular formula is C21H19ClN2O4S. The van der Waals surface area contributed by atoms with Crippen LogP contribution in [0.1, 0.15) is 10.4 Å². The predicted octanol–water partition coefficient (Wildman–Crippen LogP) is 4.78. The van der Waals surface area contributed by atoms with Crippen LogP contribution in [0.5, 0.6) is 11.5 Å². The average Bonchev–Trinajstić information content (AvgIpc) is 2.69. The lowest BCUT2D eigenvalue weighted by atomic mass is 10.2. The van der Waals surface area contributed by atoms with Crippen molar-refractivity contribution < 1.29 is 17.9 Å². The number of amides is 1. The van der Waals surface area contributed by atoms with Gasteiger partial charge in [-0.1, -0.05) is 29.8 Å². The molecule has 0 saturated heterocycles. The summed E-state index contributed by atoms with van der Waals surface area (Å²) in [5, 5.41) is 3.24. The number of nitrogens with one attached hydrogen (secondary N) is 1. The van der Waals surface area contributed by atoms with Crippen LogP contribution < -0.4 is 14.4 Å². The number of para-hydroxylation sites is 1. The maximum Gasteiger partial charge on any atom is 0.255 e. The van der Waals surface area contributed by atoms with Gasteiger partial charge >= 0.3 is 0 Å². The number of carbonyl (C=O) groups excluding carboxylic acids is 1. The molecule has 0 heterocycles. The molecule has 29 heavy (non-hydrogen) atoms. The number of anilines is 2. The molecule has 1 amide bonds. The molecule has 3 rings (SSSR count). The van der Waals surface area contributed by atoms with Crippen molar-refractivity contribution >= 4 is 38.9 Å². The lowest BCUT2D eigenvalue weighted by Gasteiger charge is -2.17. The molecule has 0 aliphatic rings. The molecule has 6 nitrogen and oxygen atoms in total. The fraction of sp³-hybridized carbons (Fsp3) is 0.0952. The quantitative estimate of drug-likeness (QED) is 0.610. The minimum absolute atomic E-state index is 0.362. The summed E-state index contributed by atoms with van der Waals surface area (Å²) in [6, 6.07) is 20.4. The van der Waals surface area contributed by atoms with Crippen molar-refractivity contribution in [3.63, 3.8) is 0 Å². The Morgan fingerprint density at radius 2 is 1.66 bits per heavy atom. The summed E-state index contributed by atoms with van der Waals surface area (Å²) in [5.41, 5.74) is 1.24. The molecule has 0 atom stereocenters. The molecule has 0 spiro atoms. The van der Waals surface area contributed by atoms with Crippen LogP contribution in [0.3, 0.4) is 0 Å². The number of rotatable bonds is 6. The van der Waals surface area contributed by atoms with Gasteiger partial charge < -0.3 is 10.1 Å². The van der Waals surface area contributed by atoms with E-state index in [2.05, 4.69) is 5.32 Å². The van der Waals surface area contributed by atoms with E-state index in [4.69, 9.17) is 16.3 Å². The van der Waals surface area contributed by atoms with E-state index >= 15 is 0 Å². The Bertz CT molecular complexity index is 1120. The third-order valence-electron chi connectivity index (χ3n) is 4.15. The molecule has 150 valence electrons. The van der Waals surface area contributed by atoms with E-state index in [1.165, 1.54) is 7.05 Å². The third-order valence-corrected chi connectivity index (χ3v) is 5.59. The number of nitrogens with zero attached hydrogens (tertiary/aromatic N) is 1. The molecule has 0 aliphatic carbocycles. The number of sulfonamides is 1. The summed E-state index contributed by atoms with van der Waals surface area (Å²) in [6.07, 6.45) is 1.11. The summed E-state index contributed by atoms with van der Waals surface area (Å²) in [7, 11) is -1.93. The van der Waals surface area contributed by atoms with Crippen molar-refractivity contribution in [2.75, 3.05) is 22.9 Å². The third kappa shape index (κ3) is 5.28. The smallest absolute Gasteiger partial charge is 0.255 e. The van der Waals surface area contributed by atoms with E-state index in [0.29, 0.717) is 33.5 Å². The Morgan fingerprint density at radius 1 is 1.00 bits per heavy atom. The number of ether oxygens (including phenoxy) is 1. The van der Waals surface area contributed by atoms with E-state index in [1.54, 1.807) is 54.6 Å². The first-order chi connectivity index (χ1) is 13.7. The van der Waals surface area contributed by atoms with Gasteiger partial charge in [0.2, 0.25) is 10.0 Å². The van der Waals surface area contributed by atoms with Crippen molar-refractivity contribution in [3.8, 4) is 11.5 Å². The fourth-order valence-electron chi connectivity index (χ4n) is 2.51. The summed E-state index contributed by atoms with van der Waals surface area (Å²) in [4.78, 5) is 12.7. The zero-order valence-corrected chi connectivity index (χ0v) is 17.4. The second-order valence-corrected chi connectivity index (χ2v) is 8.74. The predicted molar refractivity (Wildman–Crippen MR) is 116 cm³/mol. The number of hydrogen-bond donors (Lipinski definition) is 1. The van der Waals surface area contributed by atoms with Crippen LogP contribution >= 0.6 is 11.6 Å². The van der Waals surface area contributed by atoms with E-state index < -0.39 is 10.0 Å². The van der Waals surface area contributed by atoms with E-state index in [1.807, 2.05) is 18.2 Å². The Balaban J connectivity index is 1.81. The number of carbonyl (C=O) groups is 1. The minimum atomic E-state index is -3.38. The zero-order chi connectivity index (χ0) is 21.0. The molecule has 0 unspecified atom stereocenters. The van der Waals surface area contributed by atoms with Crippen LogP contribution in [-0.4, -0.2) is 27.6 Å². The largest absolute Gasteiger partial charge is 0.455 e. The Labute approximate surface area is 174 Å². The second kappa shape index (κ2) is 8.55. The molecule has 0 aliphatic heterocycles. The minimum Gasteiger partial charge on any atom is -0.455 e. The van der Waals surface area contributed by atoms with Gasteiger partial charge in [0.25, 0.3) is 5.91 Å². The Kier molecular flexibility index (Phi) is 6.10. The maximum atomic E-state index is 12.7. The van der Waals surface area contributed by atoms with Crippen LogP contribution in [0.2, 0.25) is 5.02 Å². The van der Waals surface area contributed by atoms with Gasteiger partial charge in [0.05, 0.1) is 17.6 Å². The van der Waals surface area contributed by atoms with Crippen LogP contribution in [-0.2, 0) is 10.0 Å². The van der Waals surface area contributed by atoms with Gasteiger partial charge in [0.15, 0.2) is 5.75 Å². The fourth-order valence-corrected chi connectivity index (χ4v) is 3.19. The SMILES string of the molecule is CN(c1ccc(C(=O)Nc2cc(Cl)ccc2Oc2ccccc2)cc1)S(C)(=O)=O. The lowest BCUT2D eigenvalue weighted by Crippen LogP contribution is -2.24. The van der Waals surface area contributed by atoms with E-state index in [9.17, 15) is 13.2 Å². The Morgan fingerprint density at radius 3 is 2.28 bits per heavy atom. The zero-order valence-electron chi connectivity index (χ0n) is 15.8. The number of benzene rings is 3. The van der Waals surface area contributed by atoms with Crippen molar-refractivity contribution in [2.24, 2.45) is 0 Å². The molecule has 8 heteroatoms. The Hall–Kier alpha value is -3.03. The van der Waals surface area contributed by atoms with Crippen LogP contribution in [0.15, 0.2) is 72.8 Å². The lowest BCUT2D eigenvalue weighted by molar-refractivity contribution is 0.102. The van der Waals surface area contributed by atoms with Gasteiger partial charge in [0, 0.05) is 17.6 Å². The van der Waals surface area contributed by atoms with Crippen molar-refractivity contribution in [2.45, 2.75) is 0 Å². The van der Waals surface area contributed by atoms with Crippen LogP contribution in [0.4, 0.5) is 11.4 Å². The van der Waals surface area contributed by atoms with Gasteiger partial charge in [0.1, 0.15) is 5.75 Å². The maximum absolute atomic E-state index is 12.7. The first kappa shape index (κ1) is 20.7. The summed E-state index contributed by atoms with van der Waals surface area (Å²) in [5.74, 6) is 0.694. The molecule has 0 aromatic heterocycles. The van der Waals surface area contributed by atoms with Crippen molar-refractivity contribution in [1.82, 2.24) is 0 Å². The highest BCUT2D eigenvalue weighted by Crippen LogP contribution is 2.32. The normalized spacial score (nSPS) is 11.0. The second-order valence-electron chi connectivity index (χ2n) is 6.29. The summed E-state index contributed by atoms with van der Waals surface area (Å²) < 4.78 is 30.2. The average molecular weight is 431 g/mol. The molecule has 0 radical (unpaired) electrons. The van der Waals surface area contributed by atoms with Gasteiger partial charge in [-0.2, -0.15) is 0 Å². The van der Waals surface area contributed by atoms with E-state index in [0.717, 1.165) is 10.6 Å². The molecule has 0 bridgehead atoms. The van der Waals surface area contributed by atoms with Gasteiger partial charge in [-0.15, -0.1) is 0 Å². The number of hydrogen-bond acceptors (Lipinski definition) is 4. The molecule has 1 N–H and O–H groups in total. The monoisotopic (exact) mass is 430 g/mol. The molecular weight excluding hydrogens is 412 g/mol. The van der Waals surface area contributed by atoms with Crippen LogP contribution in [0.25, 0.3) is 0 Å². The first-order valence-corrected chi connectivity index (χ1v) is 10.8. The summed E-state index contributed by atoms with van der Waals surface area (Å²) in [6.45, 7) is 0. The highest BCUT2D eigenvalue weighted by molar-refractivity contribution is 7.92. The highest BCUT2D eigenvalue weighted by Gasteiger charge is 2.14. The van der Waals surface area contributed by atoms with Crippen molar-refractivity contribution in [1.29, 1.82) is 0 Å². The van der Waals surface area contributed by atoms with Gasteiger partial charge in [-0.25, -0.2) is 8.42 Å². The summed E-state index contributed by atoms with van der Waals surface area (Å²) >= 11 is 6.08. The first-order valence-electron chi connectivity index (χ1n) is 8.62. The molecule has 0 saturated carbocycles. The standard InChI is InChI=1S/C21H19ClN2O4S/c1-24(29(2,26)27)17-11-8-15(9-12-17)21(25)23-19-14-16(22)10-13-20(19)28-18-6-4-3-5-7-18/h3-14H,1-2H3,(H,23,25). The van der Waals surface area contributed by atoms with Crippen molar-refractivity contribution in [3.05, 3.63) is 83.4 Å². The molecule has 3 aromatic rings. The molecule has 0 fully saturated rings. The topological polar surface area (TPSA) is 75.7 Å². The molecule has 3 aromatic carbocycles.